The number of aryl methyl sites for hydroxylation is 1. The van der Waals surface area contributed by atoms with Crippen molar-refractivity contribution >= 4 is 21.8 Å². The van der Waals surface area contributed by atoms with Crippen molar-refractivity contribution in [2.75, 3.05) is 0 Å². The first-order valence-electron chi connectivity index (χ1n) is 3.63. The molecule has 0 aliphatic rings. The fourth-order valence-electron chi connectivity index (χ4n) is 0.534. The van der Waals surface area contributed by atoms with Crippen molar-refractivity contribution in [2.24, 2.45) is 0 Å². The standard InChI is InChI=1S/C7H8.K.H2O4S.H2O3S/c1-7-5-3-2-4-6-7;;1-5(2,3)4;1-4(2)3/h2-6H,1H3;;(H2,1,2,3,4);(H2,1,2,3)/q;+1;;/p-1. The smallest absolute Gasteiger partial charge is 0.750 e. The zero-order valence-corrected chi connectivity index (χ0v) is 13.9. The maximum atomic E-state index is 8.74. The summed E-state index contributed by atoms with van der Waals surface area (Å²) in [6.07, 6.45) is 0. The average molecular weight is 310 g/mol. The van der Waals surface area contributed by atoms with Crippen molar-refractivity contribution in [3.05, 3.63) is 35.9 Å². The first-order valence-corrected chi connectivity index (χ1v) is 6.05. The van der Waals surface area contributed by atoms with E-state index in [4.69, 9.17) is 30.8 Å². The Balaban J connectivity index is -0.000000177. The SMILES string of the molecule is Cc1ccccc1.O=S(=O)(O)O.O=S([O-])O.[K+]. The molecule has 0 heterocycles. The average Bonchev–Trinajstić information content (AvgIpc) is 2.00. The van der Waals surface area contributed by atoms with Crippen LogP contribution in [0, 0.1) is 6.92 Å². The molecule has 0 spiro atoms. The normalized spacial score (nSPS) is 10.6. The van der Waals surface area contributed by atoms with E-state index in [2.05, 4.69) is 19.1 Å². The van der Waals surface area contributed by atoms with Gasteiger partial charge in [-0.1, -0.05) is 35.9 Å². The molecule has 0 aliphatic carbocycles. The van der Waals surface area contributed by atoms with Crippen LogP contribution in [-0.2, 0) is 21.8 Å². The van der Waals surface area contributed by atoms with Crippen molar-refractivity contribution in [1.82, 2.24) is 0 Å². The van der Waals surface area contributed by atoms with E-state index in [0.717, 1.165) is 0 Å². The molecule has 1 unspecified atom stereocenters. The summed E-state index contributed by atoms with van der Waals surface area (Å²) in [5.74, 6) is 0. The van der Waals surface area contributed by atoms with Crippen LogP contribution in [0.1, 0.15) is 5.56 Å². The van der Waals surface area contributed by atoms with Gasteiger partial charge in [0.25, 0.3) is 0 Å². The van der Waals surface area contributed by atoms with Gasteiger partial charge >= 0.3 is 61.8 Å². The number of hydrogen-bond donors (Lipinski definition) is 3. The van der Waals surface area contributed by atoms with Crippen molar-refractivity contribution in [3.63, 3.8) is 0 Å². The second-order valence-corrected chi connectivity index (χ2v) is 3.65. The first kappa shape index (κ1) is 22.9. The fourth-order valence-corrected chi connectivity index (χ4v) is 0.534. The topological polar surface area (TPSA) is 135 Å². The molecule has 0 bridgehead atoms. The summed E-state index contributed by atoms with van der Waals surface area (Å²) in [6.45, 7) is 2.08. The van der Waals surface area contributed by atoms with Gasteiger partial charge in [0.05, 0.1) is 11.4 Å². The van der Waals surface area contributed by atoms with E-state index < -0.39 is 21.8 Å². The molecule has 10 heteroatoms. The predicted octanol–water partition coefficient (Wildman–Crippen LogP) is -2.32. The zero-order chi connectivity index (χ0) is 13.2. The summed E-state index contributed by atoms with van der Waals surface area (Å²) in [5, 5.41) is 0. The summed E-state index contributed by atoms with van der Waals surface area (Å²) in [5.41, 5.74) is 1.32. The first-order chi connectivity index (χ1) is 7.13. The number of benzene rings is 1. The van der Waals surface area contributed by atoms with E-state index in [1.165, 1.54) is 5.56 Å². The Bertz CT molecular complexity index is 380. The van der Waals surface area contributed by atoms with E-state index in [1.54, 1.807) is 0 Å². The van der Waals surface area contributed by atoms with E-state index >= 15 is 0 Å². The molecule has 0 saturated heterocycles. The van der Waals surface area contributed by atoms with Gasteiger partial charge in [-0.2, -0.15) is 8.42 Å². The van der Waals surface area contributed by atoms with E-state index in [0.29, 0.717) is 0 Å². The Morgan fingerprint density at radius 1 is 1.18 bits per heavy atom. The van der Waals surface area contributed by atoms with Crippen LogP contribution in [0.4, 0.5) is 0 Å². The second-order valence-electron chi connectivity index (χ2n) is 2.32. The number of hydrogen-bond acceptors (Lipinski definition) is 4. The van der Waals surface area contributed by atoms with Gasteiger partial charge in [-0.25, -0.2) is 4.21 Å². The van der Waals surface area contributed by atoms with Gasteiger partial charge in [0.1, 0.15) is 0 Å². The van der Waals surface area contributed by atoms with Crippen LogP contribution in [0.2, 0.25) is 0 Å². The summed E-state index contributed by atoms with van der Waals surface area (Å²) >= 11 is -2.86. The molecule has 7 nitrogen and oxygen atoms in total. The Kier molecular flexibility index (Phi) is 17.9. The van der Waals surface area contributed by atoms with Crippen molar-refractivity contribution < 1.29 is 82.2 Å². The minimum atomic E-state index is -4.67. The second kappa shape index (κ2) is 13.2. The van der Waals surface area contributed by atoms with Crippen LogP contribution in [0.25, 0.3) is 0 Å². The molecule has 0 aromatic heterocycles. The third-order valence-corrected chi connectivity index (χ3v) is 0.940. The summed E-state index contributed by atoms with van der Waals surface area (Å²) in [7, 11) is -4.67. The minimum absolute atomic E-state index is 0. The molecule has 0 radical (unpaired) electrons. The molecule has 1 aromatic carbocycles. The van der Waals surface area contributed by atoms with Gasteiger partial charge in [0.15, 0.2) is 0 Å². The third-order valence-electron chi connectivity index (χ3n) is 0.940. The molecule has 3 N–H and O–H groups in total. The van der Waals surface area contributed by atoms with Crippen molar-refractivity contribution in [1.29, 1.82) is 0 Å². The molecular weight excluding hydrogens is 299 g/mol. The summed E-state index contributed by atoms with van der Waals surface area (Å²) in [4.78, 5) is 0. The summed E-state index contributed by atoms with van der Waals surface area (Å²) < 4.78 is 55.7. The monoisotopic (exact) mass is 310 g/mol. The van der Waals surface area contributed by atoms with Gasteiger partial charge in [-0.3, -0.25) is 9.11 Å². The Morgan fingerprint density at radius 2 is 1.41 bits per heavy atom. The van der Waals surface area contributed by atoms with Crippen LogP contribution < -0.4 is 51.4 Å². The Morgan fingerprint density at radius 3 is 1.53 bits per heavy atom. The van der Waals surface area contributed by atoms with Crippen molar-refractivity contribution in [2.45, 2.75) is 6.92 Å². The molecule has 0 amide bonds. The predicted molar refractivity (Wildman–Crippen MR) is 56.9 cm³/mol. The fraction of sp³-hybridized carbons (Fsp3) is 0.143. The third kappa shape index (κ3) is 47.5. The quantitative estimate of drug-likeness (QED) is 0.278. The van der Waals surface area contributed by atoms with Crippen LogP contribution in [0.5, 0.6) is 0 Å². The Hall–Kier alpha value is 0.796. The van der Waals surface area contributed by atoms with E-state index in [9.17, 15) is 0 Å². The van der Waals surface area contributed by atoms with Crippen LogP contribution in [-0.4, -0.2) is 30.8 Å². The largest absolute Gasteiger partial charge is 1.00 e. The zero-order valence-electron chi connectivity index (χ0n) is 9.18. The molecule has 94 valence electrons. The van der Waals surface area contributed by atoms with Crippen LogP contribution >= 0.6 is 0 Å². The van der Waals surface area contributed by atoms with Gasteiger partial charge in [0, 0.05) is 0 Å². The molecule has 0 fully saturated rings. The molecular formula is C7H11KO7S2. The molecule has 0 saturated carbocycles. The maximum absolute atomic E-state index is 8.74. The molecule has 17 heavy (non-hydrogen) atoms. The van der Waals surface area contributed by atoms with Crippen LogP contribution in [0.3, 0.4) is 0 Å². The number of rotatable bonds is 0. The van der Waals surface area contributed by atoms with Gasteiger partial charge in [0.2, 0.25) is 0 Å². The van der Waals surface area contributed by atoms with Gasteiger partial charge in [-0.05, 0) is 6.92 Å². The molecule has 1 aromatic rings. The summed E-state index contributed by atoms with van der Waals surface area (Å²) in [6, 6.07) is 10.3. The van der Waals surface area contributed by atoms with Crippen molar-refractivity contribution in [3.8, 4) is 0 Å². The molecule has 1 rings (SSSR count). The van der Waals surface area contributed by atoms with Gasteiger partial charge in [-0.15, -0.1) is 0 Å². The molecule has 1 atom stereocenters. The van der Waals surface area contributed by atoms with E-state index in [-0.39, 0.29) is 51.4 Å². The van der Waals surface area contributed by atoms with Gasteiger partial charge < -0.3 is 9.11 Å². The van der Waals surface area contributed by atoms with Crippen LogP contribution in [0.15, 0.2) is 30.3 Å². The Labute approximate surface area is 145 Å². The molecule has 0 aliphatic heterocycles. The maximum Gasteiger partial charge on any atom is 1.00 e. The minimum Gasteiger partial charge on any atom is -0.750 e. The van der Waals surface area contributed by atoms with E-state index in [1.807, 2.05) is 18.2 Å².